The number of hydrogen-bond donors (Lipinski definition) is 4. The number of aliphatic hydroxyl groups excluding tert-OH is 1. The van der Waals surface area contributed by atoms with Gasteiger partial charge in [0.2, 0.25) is 0 Å². The molecule has 5 nitrogen and oxygen atoms in total. The molecule has 0 aromatic heterocycles. The summed E-state index contributed by atoms with van der Waals surface area (Å²) >= 11 is 0. The van der Waals surface area contributed by atoms with Crippen molar-refractivity contribution < 1.29 is 25.2 Å². The van der Waals surface area contributed by atoms with Crippen molar-refractivity contribution in [1.82, 2.24) is 0 Å². The van der Waals surface area contributed by atoms with Crippen LogP contribution in [0.1, 0.15) is 13.8 Å². The highest BCUT2D eigenvalue weighted by Crippen LogP contribution is 2.12. The van der Waals surface area contributed by atoms with Gasteiger partial charge in [0.25, 0.3) is 0 Å². The van der Waals surface area contributed by atoms with Crippen LogP contribution in [0.2, 0.25) is 0 Å². The summed E-state index contributed by atoms with van der Waals surface area (Å²) in [6, 6.07) is 17.4. The van der Waals surface area contributed by atoms with Gasteiger partial charge in [-0.2, -0.15) is 0 Å². The molecule has 5 heteroatoms. The summed E-state index contributed by atoms with van der Waals surface area (Å²) in [5.74, 6) is -0.329. The Bertz CT molecular complexity index is 486. The molecule has 2 aromatic rings. The van der Waals surface area contributed by atoms with Crippen LogP contribution in [0.25, 0.3) is 0 Å². The molecule has 0 atom stereocenters. The zero-order chi connectivity index (χ0) is 17.0. The normalized spacial score (nSPS) is 9.59. The molecule has 0 saturated heterocycles. The van der Waals surface area contributed by atoms with E-state index in [1.54, 1.807) is 48.5 Å². The summed E-state index contributed by atoms with van der Waals surface area (Å²) in [6.45, 7) is 2.62. The SMILES string of the molecule is CC(C)(CO)C(=O)O.Oc1ccccc1.Oc1ccccc1. The minimum Gasteiger partial charge on any atom is -0.508 e. The first kappa shape index (κ1) is 19.5. The lowest BCUT2D eigenvalue weighted by molar-refractivity contribution is -0.148. The van der Waals surface area contributed by atoms with Gasteiger partial charge in [-0.1, -0.05) is 36.4 Å². The van der Waals surface area contributed by atoms with E-state index in [1.807, 2.05) is 12.1 Å². The van der Waals surface area contributed by atoms with Gasteiger partial charge < -0.3 is 20.4 Å². The molecule has 0 heterocycles. The molecule has 0 aliphatic rings. The second-order valence-corrected chi connectivity index (χ2v) is 5.02. The molecule has 120 valence electrons. The number of aliphatic hydroxyl groups is 1. The zero-order valence-electron chi connectivity index (χ0n) is 12.7. The minimum atomic E-state index is -0.986. The third-order valence-corrected chi connectivity index (χ3v) is 2.49. The first-order chi connectivity index (χ1) is 10.3. The van der Waals surface area contributed by atoms with Gasteiger partial charge in [0.1, 0.15) is 11.5 Å². The van der Waals surface area contributed by atoms with Gasteiger partial charge in [-0.15, -0.1) is 0 Å². The van der Waals surface area contributed by atoms with Gasteiger partial charge in [-0.25, -0.2) is 0 Å². The van der Waals surface area contributed by atoms with E-state index in [9.17, 15) is 4.79 Å². The average Bonchev–Trinajstić information content (AvgIpc) is 2.50. The van der Waals surface area contributed by atoms with Crippen LogP contribution in [0.5, 0.6) is 11.5 Å². The molecule has 4 N–H and O–H groups in total. The molecular formula is C17H22O5. The van der Waals surface area contributed by atoms with E-state index in [4.69, 9.17) is 20.4 Å². The molecule has 0 amide bonds. The van der Waals surface area contributed by atoms with Crippen molar-refractivity contribution in [3.63, 3.8) is 0 Å². The van der Waals surface area contributed by atoms with Crippen LogP contribution < -0.4 is 0 Å². The molecule has 0 saturated carbocycles. The highest BCUT2D eigenvalue weighted by Gasteiger charge is 2.25. The fraction of sp³-hybridized carbons (Fsp3) is 0.235. The maximum atomic E-state index is 10.1. The lowest BCUT2D eigenvalue weighted by Crippen LogP contribution is -2.27. The Morgan fingerprint density at radius 2 is 1.18 bits per heavy atom. The van der Waals surface area contributed by atoms with Crippen LogP contribution in [0.4, 0.5) is 0 Å². The predicted octanol–water partition coefficient (Wildman–Crippen LogP) is 2.87. The number of rotatable bonds is 2. The average molecular weight is 306 g/mol. The highest BCUT2D eigenvalue weighted by atomic mass is 16.4. The first-order valence-electron chi connectivity index (χ1n) is 6.62. The molecule has 22 heavy (non-hydrogen) atoms. The van der Waals surface area contributed by atoms with Crippen LogP contribution in [0.15, 0.2) is 60.7 Å². The fourth-order valence-corrected chi connectivity index (χ4v) is 0.924. The van der Waals surface area contributed by atoms with Crippen LogP contribution in [0.3, 0.4) is 0 Å². The van der Waals surface area contributed by atoms with E-state index >= 15 is 0 Å². The number of carbonyl (C=O) groups is 1. The summed E-state index contributed by atoms with van der Waals surface area (Å²) in [5.41, 5.74) is -0.986. The molecule has 0 radical (unpaired) electrons. The van der Waals surface area contributed by atoms with Gasteiger partial charge in [-0.3, -0.25) is 4.79 Å². The summed E-state index contributed by atoms with van der Waals surface area (Å²) < 4.78 is 0. The summed E-state index contributed by atoms with van der Waals surface area (Å²) in [4.78, 5) is 10.1. The Morgan fingerprint density at radius 3 is 1.27 bits per heavy atom. The Kier molecular flexibility index (Phi) is 9.06. The topological polar surface area (TPSA) is 98.0 Å². The monoisotopic (exact) mass is 306 g/mol. The maximum absolute atomic E-state index is 10.1. The molecule has 0 aliphatic heterocycles. The van der Waals surface area contributed by atoms with Crippen molar-refractivity contribution in [2.45, 2.75) is 13.8 Å². The molecular weight excluding hydrogens is 284 g/mol. The Balaban J connectivity index is 0.000000301. The van der Waals surface area contributed by atoms with Crippen molar-refractivity contribution in [3.8, 4) is 11.5 Å². The molecule has 0 spiro atoms. The number of aromatic hydroxyl groups is 2. The second kappa shape index (κ2) is 10.2. The summed E-state index contributed by atoms with van der Waals surface area (Å²) in [5, 5.41) is 33.9. The van der Waals surface area contributed by atoms with Crippen molar-refractivity contribution in [1.29, 1.82) is 0 Å². The fourth-order valence-electron chi connectivity index (χ4n) is 0.924. The van der Waals surface area contributed by atoms with Crippen LogP contribution >= 0.6 is 0 Å². The maximum Gasteiger partial charge on any atom is 0.311 e. The van der Waals surface area contributed by atoms with E-state index < -0.39 is 11.4 Å². The molecule has 0 unspecified atom stereocenters. The third-order valence-electron chi connectivity index (χ3n) is 2.49. The van der Waals surface area contributed by atoms with Gasteiger partial charge in [0, 0.05) is 0 Å². The number of carboxylic acids is 1. The molecule has 2 aromatic carbocycles. The number of para-hydroxylation sites is 2. The highest BCUT2D eigenvalue weighted by molar-refractivity contribution is 5.73. The van der Waals surface area contributed by atoms with Gasteiger partial charge >= 0.3 is 5.97 Å². The Hall–Kier alpha value is -2.53. The van der Waals surface area contributed by atoms with Crippen LogP contribution in [-0.2, 0) is 4.79 Å². The van der Waals surface area contributed by atoms with E-state index in [-0.39, 0.29) is 6.61 Å². The van der Waals surface area contributed by atoms with Crippen molar-refractivity contribution in [3.05, 3.63) is 60.7 Å². The number of hydrogen-bond acceptors (Lipinski definition) is 4. The van der Waals surface area contributed by atoms with E-state index in [2.05, 4.69) is 0 Å². The van der Waals surface area contributed by atoms with E-state index in [1.165, 1.54) is 13.8 Å². The Morgan fingerprint density at radius 1 is 0.864 bits per heavy atom. The second-order valence-electron chi connectivity index (χ2n) is 5.02. The number of phenolic OH excluding ortho intramolecular Hbond substituents is 2. The first-order valence-corrected chi connectivity index (χ1v) is 6.62. The summed E-state index contributed by atoms with van der Waals surface area (Å²) in [7, 11) is 0. The largest absolute Gasteiger partial charge is 0.508 e. The molecule has 0 bridgehead atoms. The van der Waals surface area contributed by atoms with Gasteiger partial charge in [0.05, 0.1) is 12.0 Å². The number of phenols is 2. The molecule has 0 fully saturated rings. The smallest absolute Gasteiger partial charge is 0.311 e. The quantitative estimate of drug-likeness (QED) is 0.684. The molecule has 2 rings (SSSR count). The lowest BCUT2D eigenvalue weighted by atomic mass is 9.96. The van der Waals surface area contributed by atoms with E-state index in [0.29, 0.717) is 11.5 Å². The van der Waals surface area contributed by atoms with Gasteiger partial charge in [0.15, 0.2) is 0 Å². The minimum absolute atomic E-state index is 0.317. The lowest BCUT2D eigenvalue weighted by Gasteiger charge is -2.13. The van der Waals surface area contributed by atoms with Crippen molar-refractivity contribution in [2.75, 3.05) is 6.61 Å². The van der Waals surface area contributed by atoms with Crippen LogP contribution in [-0.4, -0.2) is 33.0 Å². The Labute approximate surface area is 130 Å². The zero-order valence-corrected chi connectivity index (χ0v) is 12.7. The standard InChI is InChI=1S/2C6H6O.C5H10O3/c2*7-6-4-2-1-3-5-6;1-5(2,3-6)4(7)8/h2*1-5,7H;6H,3H2,1-2H3,(H,7,8). The molecule has 0 aliphatic carbocycles. The number of aliphatic carboxylic acids is 1. The predicted molar refractivity (Wildman–Crippen MR) is 84.7 cm³/mol. The van der Waals surface area contributed by atoms with Crippen LogP contribution in [0, 0.1) is 5.41 Å². The van der Waals surface area contributed by atoms with E-state index in [0.717, 1.165) is 0 Å². The third kappa shape index (κ3) is 9.39. The van der Waals surface area contributed by atoms with Crippen molar-refractivity contribution >= 4 is 5.97 Å². The number of carboxylic acid groups (broad SMARTS) is 1. The summed E-state index contributed by atoms with van der Waals surface area (Å²) in [6.07, 6.45) is 0. The van der Waals surface area contributed by atoms with Gasteiger partial charge in [-0.05, 0) is 38.1 Å². The number of benzene rings is 2. The van der Waals surface area contributed by atoms with Crippen molar-refractivity contribution in [2.24, 2.45) is 5.41 Å².